The average Bonchev–Trinajstić information content (AvgIpc) is 3.70. The van der Waals surface area contributed by atoms with E-state index in [0.29, 0.717) is 44.6 Å². The highest BCUT2D eigenvalue weighted by atomic mass is 16.5. The second-order valence-corrected chi connectivity index (χ2v) is 10.8. The van der Waals surface area contributed by atoms with E-state index in [1.54, 1.807) is 12.5 Å². The van der Waals surface area contributed by atoms with Gasteiger partial charge in [-0.1, -0.05) is 73.5 Å². The molecule has 0 radical (unpaired) electrons. The number of nitrogens with one attached hydrogen (secondary N) is 5. The maximum atomic E-state index is 13.9. The van der Waals surface area contributed by atoms with Crippen molar-refractivity contribution in [2.45, 2.75) is 56.1 Å². The third-order valence-electron chi connectivity index (χ3n) is 7.82. The number of rotatable bonds is 4. The number of carbonyl (C=O) groups is 3. The van der Waals surface area contributed by atoms with E-state index in [2.05, 4.69) is 31.2 Å². The molecule has 1 aliphatic carbocycles. The maximum absolute atomic E-state index is 13.9. The van der Waals surface area contributed by atoms with Crippen molar-refractivity contribution in [3.05, 3.63) is 90.0 Å². The van der Waals surface area contributed by atoms with Gasteiger partial charge >= 0.3 is 0 Å². The molecule has 1 saturated carbocycles. The van der Waals surface area contributed by atoms with Gasteiger partial charge in [0.05, 0.1) is 12.4 Å². The van der Waals surface area contributed by atoms with Gasteiger partial charge in [0.25, 0.3) is 0 Å². The minimum atomic E-state index is -1.10. The standard InChI is InChI=1S/C32H38N6O4/c39-29-27(19-23-9-2-1-3-10-23)37-31(41)32(14-6-7-15-32)38-30(40)26(20-25-21-33-22-36-25)34-17-18-42-28-13-5-4-11-24(28)12-8-16-35-29/h1-5,8-13,21-22,26-27,34H,6-7,14-20H2,(H,33,36)(H,35,39)(H,37,41)(H,38,40)/b12-8-/t26-,27-/m0/s1. The predicted molar refractivity (Wildman–Crippen MR) is 159 cm³/mol. The molecule has 5 rings (SSSR count). The maximum Gasteiger partial charge on any atom is 0.246 e. The Bertz CT molecular complexity index is 1370. The molecule has 0 bridgehead atoms. The number of aromatic nitrogens is 2. The van der Waals surface area contributed by atoms with Crippen LogP contribution in [0.4, 0.5) is 0 Å². The number of carbonyl (C=O) groups excluding carboxylic acids is 3. The molecule has 220 valence electrons. The molecule has 1 spiro atoms. The fraction of sp³-hybridized carbons (Fsp3) is 0.375. The average molecular weight is 571 g/mol. The van der Waals surface area contributed by atoms with Crippen LogP contribution in [0.1, 0.15) is 42.5 Å². The Hall–Kier alpha value is -4.44. The van der Waals surface area contributed by atoms with E-state index >= 15 is 0 Å². The molecule has 0 saturated heterocycles. The van der Waals surface area contributed by atoms with Gasteiger partial charge in [0, 0.05) is 43.4 Å². The Morgan fingerprint density at radius 1 is 0.905 bits per heavy atom. The third kappa shape index (κ3) is 7.44. The molecule has 1 aliphatic heterocycles. The summed E-state index contributed by atoms with van der Waals surface area (Å²) in [5.41, 5.74) is 1.50. The molecule has 2 aromatic carbocycles. The summed E-state index contributed by atoms with van der Waals surface area (Å²) in [6.45, 7) is 1.03. The first kappa shape index (κ1) is 29.1. The SMILES string of the molecule is O=C1NC2(CCCC2)C(=O)N[C@@H](Cc2ccccc2)C(=O)NC/C=C\c2ccccc2OCCN[C@H]1Cc1cnc[nH]1. The lowest BCUT2D eigenvalue weighted by atomic mass is 9.93. The third-order valence-corrected chi connectivity index (χ3v) is 7.82. The lowest BCUT2D eigenvalue weighted by molar-refractivity contribution is -0.136. The number of benzene rings is 2. The van der Waals surface area contributed by atoms with Crippen molar-refractivity contribution in [1.82, 2.24) is 31.2 Å². The first-order valence-electron chi connectivity index (χ1n) is 14.6. The number of nitrogens with zero attached hydrogens (tertiary/aromatic N) is 1. The molecule has 42 heavy (non-hydrogen) atoms. The zero-order valence-corrected chi connectivity index (χ0v) is 23.6. The summed E-state index contributed by atoms with van der Waals surface area (Å²) in [7, 11) is 0. The summed E-state index contributed by atoms with van der Waals surface area (Å²) < 4.78 is 6.05. The first-order valence-corrected chi connectivity index (χ1v) is 14.6. The molecule has 3 amide bonds. The Morgan fingerprint density at radius 3 is 2.48 bits per heavy atom. The van der Waals surface area contributed by atoms with Gasteiger partial charge in [-0.15, -0.1) is 0 Å². The molecule has 1 fully saturated rings. The minimum Gasteiger partial charge on any atom is -0.492 e. The van der Waals surface area contributed by atoms with Crippen LogP contribution in [-0.4, -0.2) is 65.0 Å². The molecule has 1 aromatic heterocycles. The fourth-order valence-electron chi connectivity index (χ4n) is 5.55. The van der Waals surface area contributed by atoms with Gasteiger partial charge in [-0.2, -0.15) is 0 Å². The molecule has 5 N–H and O–H groups in total. The van der Waals surface area contributed by atoms with Gasteiger partial charge in [0.1, 0.15) is 23.9 Å². The minimum absolute atomic E-state index is 0.282. The van der Waals surface area contributed by atoms with Gasteiger partial charge in [-0.25, -0.2) is 4.98 Å². The number of hydrogen-bond donors (Lipinski definition) is 5. The smallest absolute Gasteiger partial charge is 0.246 e. The predicted octanol–water partition coefficient (Wildman–Crippen LogP) is 2.29. The molecule has 3 aromatic rings. The highest BCUT2D eigenvalue weighted by Gasteiger charge is 2.44. The van der Waals surface area contributed by atoms with Crippen molar-refractivity contribution in [1.29, 1.82) is 0 Å². The second kappa shape index (κ2) is 14.0. The van der Waals surface area contributed by atoms with Crippen molar-refractivity contribution in [2.75, 3.05) is 19.7 Å². The Morgan fingerprint density at radius 2 is 1.69 bits per heavy atom. The second-order valence-electron chi connectivity index (χ2n) is 10.8. The highest BCUT2D eigenvalue weighted by molar-refractivity contribution is 5.96. The van der Waals surface area contributed by atoms with Crippen molar-refractivity contribution in [2.24, 2.45) is 0 Å². The summed E-state index contributed by atoms with van der Waals surface area (Å²) in [6.07, 6.45) is 10.3. The van der Waals surface area contributed by atoms with E-state index in [1.165, 1.54) is 0 Å². The van der Waals surface area contributed by atoms with Crippen LogP contribution in [0.25, 0.3) is 6.08 Å². The summed E-state index contributed by atoms with van der Waals surface area (Å²) in [5.74, 6) is -0.203. The first-order chi connectivity index (χ1) is 20.5. The zero-order valence-electron chi connectivity index (χ0n) is 23.6. The van der Waals surface area contributed by atoms with Crippen molar-refractivity contribution >= 4 is 23.8 Å². The van der Waals surface area contributed by atoms with E-state index in [9.17, 15) is 14.4 Å². The molecular weight excluding hydrogens is 532 g/mol. The number of para-hydroxylation sites is 1. The molecule has 2 atom stereocenters. The quantitative estimate of drug-likeness (QED) is 0.327. The summed E-state index contributed by atoms with van der Waals surface area (Å²) >= 11 is 0. The van der Waals surface area contributed by atoms with E-state index in [0.717, 1.165) is 29.7 Å². The van der Waals surface area contributed by atoms with Gasteiger partial charge in [0.2, 0.25) is 17.7 Å². The van der Waals surface area contributed by atoms with Gasteiger partial charge in [-0.3, -0.25) is 14.4 Å². The summed E-state index contributed by atoms with van der Waals surface area (Å²) in [6, 6.07) is 15.8. The number of amides is 3. The molecule has 2 aliphatic rings. The monoisotopic (exact) mass is 570 g/mol. The van der Waals surface area contributed by atoms with Crippen LogP contribution in [0, 0.1) is 0 Å². The number of aromatic amines is 1. The fourth-order valence-corrected chi connectivity index (χ4v) is 5.55. The van der Waals surface area contributed by atoms with Gasteiger partial charge in [-0.05, 0) is 24.5 Å². The lowest BCUT2D eigenvalue weighted by Gasteiger charge is -2.33. The van der Waals surface area contributed by atoms with Crippen molar-refractivity contribution in [3.8, 4) is 5.75 Å². The number of fused-ring (bicyclic) bond motifs is 1. The van der Waals surface area contributed by atoms with E-state index in [4.69, 9.17) is 4.74 Å². The lowest BCUT2D eigenvalue weighted by Crippen LogP contribution is -2.63. The van der Waals surface area contributed by atoms with E-state index in [1.807, 2.05) is 66.7 Å². The van der Waals surface area contributed by atoms with E-state index < -0.39 is 17.6 Å². The van der Waals surface area contributed by atoms with Crippen LogP contribution < -0.4 is 26.0 Å². The number of H-pyrrole nitrogens is 1. The number of imidazole rings is 1. The Labute approximate surface area is 245 Å². The highest BCUT2D eigenvalue weighted by Crippen LogP contribution is 2.30. The molecule has 0 unspecified atom stereocenters. The number of ether oxygens (including phenoxy) is 1. The van der Waals surface area contributed by atoms with Crippen molar-refractivity contribution < 1.29 is 19.1 Å². The van der Waals surface area contributed by atoms with Crippen LogP contribution in [0.15, 0.2) is 73.2 Å². The van der Waals surface area contributed by atoms with Crippen LogP contribution in [-0.2, 0) is 27.2 Å². The van der Waals surface area contributed by atoms with Crippen molar-refractivity contribution in [3.63, 3.8) is 0 Å². The topological polar surface area (TPSA) is 137 Å². The Balaban J connectivity index is 1.43. The summed E-state index contributed by atoms with van der Waals surface area (Å²) in [4.78, 5) is 48.2. The largest absolute Gasteiger partial charge is 0.492 e. The summed E-state index contributed by atoms with van der Waals surface area (Å²) in [5, 5.41) is 12.3. The Kier molecular flexibility index (Phi) is 9.66. The molecule has 2 heterocycles. The van der Waals surface area contributed by atoms with Crippen LogP contribution in [0.2, 0.25) is 0 Å². The van der Waals surface area contributed by atoms with Crippen LogP contribution in [0.3, 0.4) is 0 Å². The molecule has 10 heteroatoms. The van der Waals surface area contributed by atoms with Crippen LogP contribution >= 0.6 is 0 Å². The number of hydrogen-bond acceptors (Lipinski definition) is 6. The molecular formula is C32H38N6O4. The zero-order chi connectivity index (χ0) is 29.2. The van der Waals surface area contributed by atoms with Gasteiger partial charge < -0.3 is 31.0 Å². The van der Waals surface area contributed by atoms with Crippen LogP contribution in [0.5, 0.6) is 5.75 Å². The van der Waals surface area contributed by atoms with Gasteiger partial charge in [0.15, 0.2) is 0 Å². The normalized spacial score (nSPS) is 22.5. The van der Waals surface area contributed by atoms with E-state index in [-0.39, 0.29) is 24.3 Å². The molecule has 10 nitrogen and oxygen atoms in total.